The Labute approximate surface area is 112 Å². The number of hydrogen-bond donors (Lipinski definition) is 1. The van der Waals surface area contributed by atoms with Gasteiger partial charge in [0.25, 0.3) is 0 Å². The van der Waals surface area contributed by atoms with Gasteiger partial charge < -0.3 is 5.32 Å². The van der Waals surface area contributed by atoms with E-state index in [4.69, 9.17) is 0 Å². The monoisotopic (exact) mass is 291 g/mol. The van der Waals surface area contributed by atoms with Crippen molar-refractivity contribution in [3.8, 4) is 0 Å². The van der Waals surface area contributed by atoms with Crippen LogP contribution in [0.15, 0.2) is 18.2 Å². The molecule has 1 rings (SSSR count). The van der Waals surface area contributed by atoms with Gasteiger partial charge in [-0.3, -0.25) is 0 Å². The summed E-state index contributed by atoms with van der Waals surface area (Å²) in [5, 5.41) is 2.99. The van der Waals surface area contributed by atoms with Gasteiger partial charge >= 0.3 is 0 Å². The molecule has 6 heteroatoms. The van der Waals surface area contributed by atoms with E-state index >= 15 is 0 Å². The molecule has 0 aliphatic heterocycles. The molecule has 3 nitrogen and oxygen atoms in total. The predicted molar refractivity (Wildman–Crippen MR) is 71.7 cm³/mol. The molecule has 0 fully saturated rings. The standard InChI is InChI=1S/C13H19F2NO2S/c1-9(10-5-11(14)7-12(15)6-10)16-8-13(2,3)19(4,17)18/h5-7,9,16H,8H2,1-4H3. The van der Waals surface area contributed by atoms with Crippen molar-refractivity contribution in [3.05, 3.63) is 35.4 Å². The first-order valence-corrected chi connectivity index (χ1v) is 7.81. The maximum atomic E-state index is 13.1. The topological polar surface area (TPSA) is 46.2 Å². The maximum absolute atomic E-state index is 13.1. The molecule has 0 saturated heterocycles. The minimum Gasteiger partial charge on any atom is -0.309 e. The van der Waals surface area contributed by atoms with Crippen LogP contribution in [0.4, 0.5) is 8.78 Å². The zero-order valence-electron chi connectivity index (χ0n) is 11.5. The van der Waals surface area contributed by atoms with Crippen molar-refractivity contribution in [2.24, 2.45) is 0 Å². The summed E-state index contributed by atoms with van der Waals surface area (Å²) < 4.78 is 48.3. The van der Waals surface area contributed by atoms with Gasteiger partial charge in [-0.05, 0) is 38.5 Å². The van der Waals surface area contributed by atoms with Crippen LogP contribution < -0.4 is 5.32 Å². The van der Waals surface area contributed by atoms with Gasteiger partial charge in [-0.25, -0.2) is 17.2 Å². The molecular weight excluding hydrogens is 272 g/mol. The van der Waals surface area contributed by atoms with Gasteiger partial charge in [0.05, 0.1) is 4.75 Å². The molecule has 0 amide bonds. The zero-order valence-corrected chi connectivity index (χ0v) is 12.3. The summed E-state index contributed by atoms with van der Waals surface area (Å²) in [6.07, 6.45) is 1.17. The fourth-order valence-corrected chi connectivity index (χ4v) is 1.82. The molecule has 0 aliphatic rings. The largest absolute Gasteiger partial charge is 0.309 e. The van der Waals surface area contributed by atoms with Gasteiger partial charge in [0, 0.05) is 24.9 Å². The van der Waals surface area contributed by atoms with E-state index in [1.54, 1.807) is 20.8 Å². The minimum atomic E-state index is -3.21. The average molecular weight is 291 g/mol. The van der Waals surface area contributed by atoms with Crippen molar-refractivity contribution in [3.63, 3.8) is 0 Å². The van der Waals surface area contributed by atoms with Gasteiger partial charge in [0.15, 0.2) is 9.84 Å². The van der Waals surface area contributed by atoms with Crippen molar-refractivity contribution in [1.29, 1.82) is 0 Å². The number of nitrogens with one attached hydrogen (secondary N) is 1. The predicted octanol–water partition coefficient (Wildman–Crippen LogP) is 2.44. The number of halogens is 2. The van der Waals surface area contributed by atoms with Gasteiger partial charge in [0.1, 0.15) is 11.6 Å². The highest BCUT2D eigenvalue weighted by Gasteiger charge is 2.30. The second-order valence-corrected chi connectivity index (χ2v) is 7.99. The van der Waals surface area contributed by atoms with Crippen LogP contribution in [-0.4, -0.2) is 26.0 Å². The van der Waals surface area contributed by atoms with Gasteiger partial charge in [0.2, 0.25) is 0 Å². The fourth-order valence-electron chi connectivity index (χ4n) is 1.47. The first-order valence-electron chi connectivity index (χ1n) is 5.92. The molecule has 0 heterocycles. The normalized spacial score (nSPS) is 14.4. The Morgan fingerprint density at radius 2 is 1.68 bits per heavy atom. The van der Waals surface area contributed by atoms with Crippen molar-refractivity contribution >= 4 is 9.84 Å². The second kappa shape index (κ2) is 5.54. The van der Waals surface area contributed by atoms with E-state index < -0.39 is 26.2 Å². The quantitative estimate of drug-likeness (QED) is 0.906. The highest BCUT2D eigenvalue weighted by atomic mass is 32.2. The van der Waals surface area contributed by atoms with Crippen LogP contribution in [0, 0.1) is 11.6 Å². The third-order valence-corrected chi connectivity index (χ3v) is 5.37. The van der Waals surface area contributed by atoms with Crippen LogP contribution in [0.5, 0.6) is 0 Å². The first-order chi connectivity index (χ1) is 8.53. The van der Waals surface area contributed by atoms with Crippen LogP contribution in [0.3, 0.4) is 0 Å². The van der Waals surface area contributed by atoms with Crippen LogP contribution in [-0.2, 0) is 9.84 Å². The lowest BCUT2D eigenvalue weighted by molar-refractivity contribution is 0.484. The third-order valence-electron chi connectivity index (χ3n) is 3.22. The molecular formula is C13H19F2NO2S. The van der Waals surface area contributed by atoms with Crippen molar-refractivity contribution in [2.45, 2.75) is 31.6 Å². The summed E-state index contributed by atoms with van der Waals surface area (Å²) in [5.74, 6) is -1.29. The highest BCUT2D eigenvalue weighted by molar-refractivity contribution is 7.92. The van der Waals surface area contributed by atoms with E-state index in [-0.39, 0.29) is 12.6 Å². The van der Waals surface area contributed by atoms with Crippen LogP contribution >= 0.6 is 0 Å². The smallest absolute Gasteiger partial charge is 0.153 e. The van der Waals surface area contributed by atoms with E-state index in [9.17, 15) is 17.2 Å². The summed E-state index contributed by atoms with van der Waals surface area (Å²) in [5.41, 5.74) is 0.446. The Balaban J connectivity index is 2.78. The average Bonchev–Trinajstić information content (AvgIpc) is 2.23. The van der Waals surface area contributed by atoms with Crippen molar-refractivity contribution in [1.82, 2.24) is 5.32 Å². The van der Waals surface area contributed by atoms with Crippen LogP contribution in [0.25, 0.3) is 0 Å². The van der Waals surface area contributed by atoms with Crippen molar-refractivity contribution in [2.75, 3.05) is 12.8 Å². The number of sulfone groups is 1. The summed E-state index contributed by atoms with van der Waals surface area (Å²) >= 11 is 0. The molecule has 1 atom stereocenters. The van der Waals surface area contributed by atoms with E-state index in [0.717, 1.165) is 6.07 Å². The lowest BCUT2D eigenvalue weighted by Gasteiger charge is -2.25. The molecule has 1 unspecified atom stereocenters. The molecule has 1 N–H and O–H groups in total. The molecule has 1 aromatic carbocycles. The van der Waals surface area contributed by atoms with Crippen LogP contribution in [0.2, 0.25) is 0 Å². The SMILES string of the molecule is CC(NCC(C)(C)S(C)(=O)=O)c1cc(F)cc(F)c1. The molecule has 0 aliphatic carbocycles. The molecule has 0 radical (unpaired) electrons. The Bertz CT molecular complexity index is 536. The molecule has 108 valence electrons. The van der Waals surface area contributed by atoms with E-state index in [2.05, 4.69) is 5.32 Å². The molecule has 0 spiro atoms. The lowest BCUT2D eigenvalue weighted by atomic mass is 10.1. The summed E-state index contributed by atoms with van der Waals surface area (Å²) in [7, 11) is -3.21. The van der Waals surface area contributed by atoms with E-state index in [1.165, 1.54) is 18.4 Å². The van der Waals surface area contributed by atoms with Crippen LogP contribution in [0.1, 0.15) is 32.4 Å². The Hall–Kier alpha value is -1.01. The molecule has 19 heavy (non-hydrogen) atoms. The number of hydrogen-bond acceptors (Lipinski definition) is 3. The fraction of sp³-hybridized carbons (Fsp3) is 0.538. The second-order valence-electron chi connectivity index (χ2n) is 5.34. The minimum absolute atomic E-state index is 0.200. The third kappa shape index (κ3) is 4.24. The molecule has 0 aromatic heterocycles. The molecule has 0 saturated carbocycles. The number of rotatable bonds is 5. The molecule has 0 bridgehead atoms. The Kier molecular flexibility index (Phi) is 4.68. The molecule has 1 aromatic rings. The highest BCUT2D eigenvalue weighted by Crippen LogP contribution is 2.19. The summed E-state index contributed by atoms with van der Waals surface area (Å²) in [6, 6.07) is 2.92. The summed E-state index contributed by atoms with van der Waals surface area (Å²) in [6.45, 7) is 5.14. The van der Waals surface area contributed by atoms with Crippen molar-refractivity contribution < 1.29 is 17.2 Å². The Morgan fingerprint density at radius 3 is 2.11 bits per heavy atom. The van der Waals surface area contributed by atoms with Gasteiger partial charge in [-0.2, -0.15) is 0 Å². The van der Waals surface area contributed by atoms with E-state index in [0.29, 0.717) is 5.56 Å². The van der Waals surface area contributed by atoms with E-state index in [1.807, 2.05) is 0 Å². The van der Waals surface area contributed by atoms with Gasteiger partial charge in [-0.1, -0.05) is 0 Å². The first kappa shape index (κ1) is 16.0. The maximum Gasteiger partial charge on any atom is 0.153 e. The Morgan fingerprint density at radius 1 is 1.21 bits per heavy atom. The number of benzene rings is 1. The van der Waals surface area contributed by atoms with Gasteiger partial charge in [-0.15, -0.1) is 0 Å². The summed E-state index contributed by atoms with van der Waals surface area (Å²) in [4.78, 5) is 0. The zero-order chi connectivity index (χ0) is 14.8. The lowest BCUT2D eigenvalue weighted by Crippen LogP contribution is -2.42.